The highest BCUT2D eigenvalue weighted by molar-refractivity contribution is 14.1. The van der Waals surface area contributed by atoms with Crippen LogP contribution in [0.2, 0.25) is 0 Å². The molecular weight excluding hydrogens is 263 g/mol. The second-order valence-corrected chi connectivity index (χ2v) is 3.91. The summed E-state index contributed by atoms with van der Waals surface area (Å²) in [4.78, 5) is 0. The molecule has 0 heterocycles. The van der Waals surface area contributed by atoms with E-state index in [-0.39, 0.29) is 6.61 Å². The number of aryl methyl sites for hydroxylation is 1. The van der Waals surface area contributed by atoms with E-state index in [1.807, 2.05) is 6.07 Å². The smallest absolute Gasteiger partial charge is 0.0822 e. The van der Waals surface area contributed by atoms with Crippen molar-refractivity contribution in [1.82, 2.24) is 0 Å². The Morgan fingerprint density at radius 1 is 1.17 bits per heavy atom. The molecular formula is C10H12IO. The molecule has 1 aromatic carbocycles. The lowest BCUT2D eigenvalue weighted by Crippen LogP contribution is -1.90. The van der Waals surface area contributed by atoms with Gasteiger partial charge in [0.15, 0.2) is 0 Å². The Bertz CT molecular complexity index is 235. The van der Waals surface area contributed by atoms with E-state index in [2.05, 4.69) is 40.8 Å². The highest BCUT2D eigenvalue weighted by Gasteiger charge is 1.96. The van der Waals surface area contributed by atoms with Gasteiger partial charge in [-0.1, -0.05) is 18.2 Å². The molecule has 1 aromatic rings. The van der Waals surface area contributed by atoms with Crippen molar-refractivity contribution in [3.05, 3.63) is 33.4 Å². The minimum Gasteiger partial charge on any atom is -0.237 e. The summed E-state index contributed by atoms with van der Waals surface area (Å²) in [6, 6.07) is 8.33. The van der Waals surface area contributed by atoms with Gasteiger partial charge in [-0.3, -0.25) is 0 Å². The average molecular weight is 275 g/mol. The Labute approximate surface area is 86.9 Å². The molecule has 0 spiro atoms. The first kappa shape index (κ1) is 9.99. The summed E-state index contributed by atoms with van der Waals surface area (Å²) >= 11 is 2.33. The van der Waals surface area contributed by atoms with Crippen molar-refractivity contribution in [2.45, 2.75) is 19.3 Å². The third-order valence-corrected chi connectivity index (χ3v) is 2.85. The van der Waals surface area contributed by atoms with Crippen LogP contribution in [0.25, 0.3) is 0 Å². The zero-order valence-electron chi connectivity index (χ0n) is 6.92. The summed E-state index contributed by atoms with van der Waals surface area (Å²) in [6.45, 7) is 0.0589. The van der Waals surface area contributed by atoms with Gasteiger partial charge in [0.2, 0.25) is 0 Å². The third kappa shape index (κ3) is 3.11. The normalized spacial score (nSPS) is 10.2. The van der Waals surface area contributed by atoms with Crippen LogP contribution in [0, 0.1) is 3.57 Å². The predicted octanol–water partition coefficient (Wildman–Crippen LogP) is 3.04. The lowest BCUT2D eigenvalue weighted by molar-refractivity contribution is 0.187. The Balaban J connectivity index is 2.46. The van der Waals surface area contributed by atoms with E-state index in [1.54, 1.807) is 0 Å². The molecule has 0 bridgehead atoms. The first-order valence-corrected chi connectivity index (χ1v) is 5.24. The zero-order valence-corrected chi connectivity index (χ0v) is 9.08. The van der Waals surface area contributed by atoms with Gasteiger partial charge in [-0.2, -0.15) is 0 Å². The molecule has 0 aliphatic rings. The van der Waals surface area contributed by atoms with Crippen LogP contribution in [0.5, 0.6) is 0 Å². The van der Waals surface area contributed by atoms with Gasteiger partial charge in [-0.15, -0.1) is 0 Å². The molecule has 0 atom stereocenters. The molecule has 0 unspecified atom stereocenters. The van der Waals surface area contributed by atoms with E-state index in [4.69, 9.17) is 0 Å². The molecule has 2 heteroatoms. The van der Waals surface area contributed by atoms with E-state index in [1.165, 1.54) is 9.13 Å². The van der Waals surface area contributed by atoms with Crippen LogP contribution < -0.4 is 0 Å². The number of unbranched alkanes of at least 4 members (excludes halogenated alkanes) is 1. The first-order valence-electron chi connectivity index (χ1n) is 4.16. The predicted molar refractivity (Wildman–Crippen MR) is 57.7 cm³/mol. The van der Waals surface area contributed by atoms with Gasteiger partial charge < -0.3 is 0 Å². The number of hydrogen-bond acceptors (Lipinski definition) is 0. The largest absolute Gasteiger partial charge is 0.237 e. The second-order valence-electron chi connectivity index (χ2n) is 2.75. The maximum Gasteiger partial charge on any atom is 0.0822 e. The van der Waals surface area contributed by atoms with Crippen LogP contribution in [0.15, 0.2) is 24.3 Å². The van der Waals surface area contributed by atoms with E-state index in [0.717, 1.165) is 19.3 Å². The van der Waals surface area contributed by atoms with Crippen molar-refractivity contribution in [1.29, 1.82) is 0 Å². The van der Waals surface area contributed by atoms with Crippen LogP contribution in [0.1, 0.15) is 18.4 Å². The summed E-state index contributed by atoms with van der Waals surface area (Å²) in [5.74, 6) is 0. The summed E-state index contributed by atoms with van der Waals surface area (Å²) in [7, 11) is 0. The third-order valence-electron chi connectivity index (χ3n) is 1.80. The van der Waals surface area contributed by atoms with Gasteiger partial charge in [0.05, 0.1) is 6.61 Å². The van der Waals surface area contributed by atoms with Crippen molar-refractivity contribution < 1.29 is 5.11 Å². The molecule has 0 aliphatic heterocycles. The minimum atomic E-state index is 0.0589. The van der Waals surface area contributed by atoms with Crippen molar-refractivity contribution in [2.24, 2.45) is 0 Å². The Morgan fingerprint density at radius 3 is 2.58 bits per heavy atom. The monoisotopic (exact) mass is 275 g/mol. The van der Waals surface area contributed by atoms with E-state index >= 15 is 0 Å². The molecule has 0 aliphatic carbocycles. The maximum atomic E-state index is 10.2. The molecule has 1 radical (unpaired) electrons. The molecule has 0 fully saturated rings. The molecule has 65 valence electrons. The van der Waals surface area contributed by atoms with Gasteiger partial charge in [0, 0.05) is 3.57 Å². The number of rotatable bonds is 4. The maximum absolute atomic E-state index is 10.2. The highest BCUT2D eigenvalue weighted by atomic mass is 127. The van der Waals surface area contributed by atoms with Crippen molar-refractivity contribution in [3.63, 3.8) is 0 Å². The Morgan fingerprint density at radius 2 is 1.92 bits per heavy atom. The molecule has 0 N–H and O–H groups in total. The van der Waals surface area contributed by atoms with Gasteiger partial charge in [0.25, 0.3) is 0 Å². The van der Waals surface area contributed by atoms with E-state index in [0.29, 0.717) is 0 Å². The van der Waals surface area contributed by atoms with Crippen molar-refractivity contribution in [3.8, 4) is 0 Å². The summed E-state index contributed by atoms with van der Waals surface area (Å²) < 4.78 is 1.31. The fraction of sp³-hybridized carbons (Fsp3) is 0.400. The topological polar surface area (TPSA) is 19.9 Å². The Hall–Kier alpha value is -0.0900. The molecule has 0 aromatic heterocycles. The van der Waals surface area contributed by atoms with E-state index < -0.39 is 0 Å². The average Bonchev–Trinajstić information content (AvgIpc) is 2.09. The standard InChI is InChI=1S/C10H12IO/c11-10-7-2-1-5-9(10)6-3-4-8-12/h1-2,5,7H,3-4,6,8H2. The van der Waals surface area contributed by atoms with Gasteiger partial charge in [-0.05, 0) is 53.5 Å². The summed E-state index contributed by atoms with van der Waals surface area (Å²) in [6.07, 6.45) is 2.86. The van der Waals surface area contributed by atoms with Crippen LogP contribution in [-0.4, -0.2) is 6.61 Å². The van der Waals surface area contributed by atoms with Crippen LogP contribution in [-0.2, 0) is 11.5 Å². The van der Waals surface area contributed by atoms with Gasteiger partial charge in [0.1, 0.15) is 0 Å². The molecule has 0 saturated carbocycles. The molecule has 1 rings (SSSR count). The Kier molecular flexibility index (Phi) is 4.61. The van der Waals surface area contributed by atoms with Crippen LogP contribution in [0.4, 0.5) is 0 Å². The van der Waals surface area contributed by atoms with Gasteiger partial charge in [-0.25, -0.2) is 5.11 Å². The first-order chi connectivity index (χ1) is 5.84. The van der Waals surface area contributed by atoms with Gasteiger partial charge >= 0.3 is 0 Å². The zero-order chi connectivity index (χ0) is 8.81. The molecule has 1 nitrogen and oxygen atoms in total. The number of benzene rings is 1. The van der Waals surface area contributed by atoms with Crippen LogP contribution >= 0.6 is 22.6 Å². The highest BCUT2D eigenvalue weighted by Crippen LogP contribution is 2.13. The SMILES string of the molecule is [O]CCCCc1ccccc1I. The molecule has 0 saturated heterocycles. The molecule has 0 amide bonds. The minimum absolute atomic E-state index is 0.0589. The number of halogens is 1. The van der Waals surface area contributed by atoms with E-state index in [9.17, 15) is 5.11 Å². The fourth-order valence-corrected chi connectivity index (χ4v) is 1.78. The van der Waals surface area contributed by atoms with Crippen molar-refractivity contribution >= 4 is 22.6 Å². The number of hydrogen-bond donors (Lipinski definition) is 0. The summed E-state index contributed by atoms with van der Waals surface area (Å²) in [5.41, 5.74) is 1.37. The summed E-state index contributed by atoms with van der Waals surface area (Å²) in [5, 5.41) is 10.2. The lowest BCUT2D eigenvalue weighted by Gasteiger charge is -2.01. The van der Waals surface area contributed by atoms with Crippen molar-refractivity contribution in [2.75, 3.05) is 6.61 Å². The molecule has 12 heavy (non-hydrogen) atoms. The fourth-order valence-electron chi connectivity index (χ4n) is 1.12. The van der Waals surface area contributed by atoms with Crippen LogP contribution in [0.3, 0.4) is 0 Å². The lowest BCUT2D eigenvalue weighted by atomic mass is 10.1. The second kappa shape index (κ2) is 5.54. The quantitative estimate of drug-likeness (QED) is 0.594.